The van der Waals surface area contributed by atoms with Crippen molar-refractivity contribution >= 4 is 6.08 Å². The molecule has 0 saturated heterocycles. The van der Waals surface area contributed by atoms with Crippen molar-refractivity contribution in [3.8, 4) is 11.1 Å². The van der Waals surface area contributed by atoms with Gasteiger partial charge in [0.25, 0.3) is 0 Å². The van der Waals surface area contributed by atoms with Crippen molar-refractivity contribution in [3.63, 3.8) is 0 Å². The summed E-state index contributed by atoms with van der Waals surface area (Å²) in [4.78, 5) is 0. The number of benzene rings is 2. The summed E-state index contributed by atoms with van der Waals surface area (Å²) in [5.74, 6) is 0.245. The molecule has 0 saturated carbocycles. The van der Waals surface area contributed by atoms with E-state index in [1.807, 2.05) is 18.2 Å². The Balaban J connectivity index is 2.51. The Morgan fingerprint density at radius 2 is 1.83 bits per heavy atom. The lowest BCUT2D eigenvalue weighted by Gasteiger charge is -2.09. The summed E-state index contributed by atoms with van der Waals surface area (Å²) < 4.78 is 13.5. The first-order valence-electron chi connectivity index (χ1n) is 6.13. The van der Waals surface area contributed by atoms with Crippen LogP contribution in [0.15, 0.2) is 49.0 Å². The second-order valence-corrected chi connectivity index (χ2v) is 4.76. The van der Waals surface area contributed by atoms with Gasteiger partial charge in [-0.2, -0.15) is 0 Å². The first kappa shape index (κ1) is 12.6. The maximum absolute atomic E-state index is 13.5. The zero-order valence-electron chi connectivity index (χ0n) is 10.8. The Labute approximate surface area is 108 Å². The highest BCUT2D eigenvalue weighted by atomic mass is 19.1. The molecule has 2 aromatic rings. The molecular formula is C17H17F. The van der Waals surface area contributed by atoms with Crippen LogP contribution in [0.25, 0.3) is 17.2 Å². The van der Waals surface area contributed by atoms with Gasteiger partial charge in [-0.15, -0.1) is 0 Å². The van der Waals surface area contributed by atoms with Crippen LogP contribution < -0.4 is 0 Å². The van der Waals surface area contributed by atoms with E-state index >= 15 is 0 Å². The Bertz CT molecular complexity index is 568. The summed E-state index contributed by atoms with van der Waals surface area (Å²) >= 11 is 0. The number of hydrogen-bond donors (Lipinski definition) is 0. The van der Waals surface area contributed by atoms with Gasteiger partial charge in [-0.05, 0) is 46.4 Å². The molecule has 0 amide bonds. The third-order valence-electron chi connectivity index (χ3n) is 3.04. The lowest BCUT2D eigenvalue weighted by molar-refractivity contribution is 0.628. The molecule has 0 nitrogen and oxygen atoms in total. The minimum Gasteiger partial charge on any atom is -0.207 e. The average molecular weight is 240 g/mol. The molecule has 1 heteroatoms. The van der Waals surface area contributed by atoms with E-state index in [4.69, 9.17) is 0 Å². The lowest BCUT2D eigenvalue weighted by atomic mass is 9.96. The van der Waals surface area contributed by atoms with E-state index in [1.54, 1.807) is 12.1 Å². The molecule has 18 heavy (non-hydrogen) atoms. The van der Waals surface area contributed by atoms with E-state index in [-0.39, 0.29) is 5.82 Å². The zero-order valence-corrected chi connectivity index (χ0v) is 10.8. The minimum atomic E-state index is -0.225. The van der Waals surface area contributed by atoms with E-state index in [1.165, 1.54) is 11.6 Å². The predicted molar refractivity (Wildman–Crippen MR) is 76.0 cm³/mol. The van der Waals surface area contributed by atoms with Crippen molar-refractivity contribution in [1.82, 2.24) is 0 Å². The number of hydrogen-bond acceptors (Lipinski definition) is 0. The molecule has 0 bridgehead atoms. The van der Waals surface area contributed by atoms with E-state index in [0.29, 0.717) is 5.92 Å². The van der Waals surface area contributed by atoms with Crippen LogP contribution in [-0.2, 0) is 0 Å². The molecule has 2 aromatic carbocycles. The van der Waals surface area contributed by atoms with Gasteiger partial charge in [-0.1, -0.05) is 50.8 Å². The summed E-state index contributed by atoms with van der Waals surface area (Å²) in [6.07, 6.45) is 1.67. The van der Waals surface area contributed by atoms with Gasteiger partial charge in [0.15, 0.2) is 0 Å². The topological polar surface area (TPSA) is 0 Å². The van der Waals surface area contributed by atoms with Crippen LogP contribution in [0.1, 0.15) is 30.9 Å². The monoisotopic (exact) mass is 240 g/mol. The fourth-order valence-corrected chi connectivity index (χ4v) is 1.97. The molecule has 2 rings (SSSR count). The highest BCUT2D eigenvalue weighted by Gasteiger charge is 2.04. The summed E-state index contributed by atoms with van der Waals surface area (Å²) in [6.45, 7) is 7.99. The summed E-state index contributed by atoms with van der Waals surface area (Å²) in [5.41, 5.74) is 4.01. The second kappa shape index (κ2) is 5.18. The Kier molecular flexibility index (Phi) is 3.61. The van der Waals surface area contributed by atoms with Crippen molar-refractivity contribution in [2.24, 2.45) is 0 Å². The van der Waals surface area contributed by atoms with Crippen molar-refractivity contribution in [2.75, 3.05) is 0 Å². The van der Waals surface area contributed by atoms with Gasteiger partial charge in [0.2, 0.25) is 0 Å². The molecule has 0 N–H and O–H groups in total. The highest BCUT2D eigenvalue weighted by Crippen LogP contribution is 2.26. The molecular weight excluding hydrogens is 223 g/mol. The molecule has 0 aliphatic heterocycles. The van der Waals surface area contributed by atoms with Gasteiger partial charge >= 0.3 is 0 Å². The maximum atomic E-state index is 13.5. The minimum absolute atomic E-state index is 0.225. The van der Waals surface area contributed by atoms with E-state index < -0.39 is 0 Å². The van der Waals surface area contributed by atoms with Crippen LogP contribution in [0.3, 0.4) is 0 Å². The fraction of sp³-hybridized carbons (Fsp3) is 0.176. The Morgan fingerprint density at radius 3 is 2.50 bits per heavy atom. The number of rotatable bonds is 3. The molecule has 0 atom stereocenters. The molecule has 0 aliphatic carbocycles. The van der Waals surface area contributed by atoms with Crippen molar-refractivity contribution < 1.29 is 4.39 Å². The van der Waals surface area contributed by atoms with Gasteiger partial charge in [-0.25, -0.2) is 4.39 Å². The van der Waals surface area contributed by atoms with Gasteiger partial charge in [-0.3, -0.25) is 0 Å². The fourth-order valence-electron chi connectivity index (χ4n) is 1.97. The molecule has 0 aliphatic rings. The van der Waals surface area contributed by atoms with Crippen LogP contribution in [0, 0.1) is 5.82 Å². The first-order chi connectivity index (χ1) is 8.60. The standard InChI is InChI=1S/C17H17F/c1-4-13-8-16(11-17(18)9-13)15-7-5-6-14(10-15)12(2)3/h4-12H,1H2,2-3H3. The van der Waals surface area contributed by atoms with E-state index in [2.05, 4.69) is 32.6 Å². The summed E-state index contributed by atoms with van der Waals surface area (Å²) in [6, 6.07) is 13.2. The quantitative estimate of drug-likeness (QED) is 0.686. The third kappa shape index (κ3) is 2.67. The molecule has 0 spiro atoms. The molecule has 0 aromatic heterocycles. The van der Waals surface area contributed by atoms with Gasteiger partial charge in [0, 0.05) is 0 Å². The van der Waals surface area contributed by atoms with Crippen molar-refractivity contribution in [2.45, 2.75) is 19.8 Å². The van der Waals surface area contributed by atoms with Crippen LogP contribution in [0.2, 0.25) is 0 Å². The van der Waals surface area contributed by atoms with Crippen LogP contribution in [0.4, 0.5) is 4.39 Å². The van der Waals surface area contributed by atoms with Crippen LogP contribution in [0.5, 0.6) is 0 Å². The molecule has 0 heterocycles. The molecule has 92 valence electrons. The average Bonchev–Trinajstić information content (AvgIpc) is 2.38. The SMILES string of the molecule is C=Cc1cc(F)cc(-c2cccc(C(C)C)c2)c1. The lowest BCUT2D eigenvalue weighted by Crippen LogP contribution is -1.89. The zero-order chi connectivity index (χ0) is 13.1. The Morgan fingerprint density at radius 1 is 1.06 bits per heavy atom. The highest BCUT2D eigenvalue weighted by molar-refractivity contribution is 5.68. The molecule has 0 unspecified atom stereocenters. The largest absolute Gasteiger partial charge is 0.207 e. The van der Waals surface area contributed by atoms with Crippen LogP contribution in [-0.4, -0.2) is 0 Å². The molecule has 0 radical (unpaired) electrons. The Hall–Kier alpha value is -1.89. The first-order valence-corrected chi connectivity index (χ1v) is 6.13. The van der Waals surface area contributed by atoms with Crippen LogP contribution >= 0.6 is 0 Å². The maximum Gasteiger partial charge on any atom is 0.124 e. The van der Waals surface area contributed by atoms with Gasteiger partial charge in [0.1, 0.15) is 5.82 Å². The van der Waals surface area contributed by atoms with E-state index in [0.717, 1.165) is 16.7 Å². The van der Waals surface area contributed by atoms with Crippen molar-refractivity contribution in [1.29, 1.82) is 0 Å². The third-order valence-corrected chi connectivity index (χ3v) is 3.04. The summed E-state index contributed by atoms with van der Waals surface area (Å²) in [5, 5.41) is 0. The number of halogens is 1. The molecule has 0 fully saturated rings. The van der Waals surface area contributed by atoms with E-state index in [9.17, 15) is 4.39 Å². The normalized spacial score (nSPS) is 10.7. The second-order valence-electron chi connectivity index (χ2n) is 4.76. The smallest absolute Gasteiger partial charge is 0.124 e. The van der Waals surface area contributed by atoms with Gasteiger partial charge in [0.05, 0.1) is 0 Å². The van der Waals surface area contributed by atoms with Gasteiger partial charge < -0.3 is 0 Å². The predicted octanol–water partition coefficient (Wildman–Crippen LogP) is 5.26. The summed E-state index contributed by atoms with van der Waals surface area (Å²) in [7, 11) is 0. The van der Waals surface area contributed by atoms with Crippen molar-refractivity contribution in [3.05, 3.63) is 66.0 Å².